The van der Waals surface area contributed by atoms with E-state index in [-0.39, 0.29) is 0 Å². The molecule has 0 radical (unpaired) electrons. The van der Waals surface area contributed by atoms with E-state index in [4.69, 9.17) is 12.2 Å². The van der Waals surface area contributed by atoms with E-state index in [1.165, 1.54) is 11.3 Å². The van der Waals surface area contributed by atoms with Crippen molar-refractivity contribution in [1.29, 1.82) is 0 Å². The largest absolute Gasteiger partial charge is 0.337 e. The first-order valence-corrected chi connectivity index (χ1v) is 7.99. The molecule has 0 aliphatic carbocycles. The minimum absolute atomic E-state index is 0.500. The minimum atomic E-state index is 0.500. The molecule has 0 saturated heterocycles. The Bertz CT molecular complexity index is 598. The lowest BCUT2D eigenvalue weighted by molar-refractivity contribution is 0.313. The molecule has 1 aromatic heterocycles. The molecule has 0 bridgehead atoms. The van der Waals surface area contributed by atoms with Crippen LogP contribution in [0, 0.1) is 4.77 Å². The lowest BCUT2D eigenvalue weighted by Crippen LogP contribution is -2.20. The zero-order chi connectivity index (χ0) is 15.2. The third-order valence-corrected chi connectivity index (χ3v) is 4.05. The summed E-state index contributed by atoms with van der Waals surface area (Å²) in [5, 5.41) is 0. The van der Waals surface area contributed by atoms with E-state index in [0.717, 1.165) is 30.8 Å². The summed E-state index contributed by atoms with van der Waals surface area (Å²) in [4.78, 5) is 5.52. The third-order valence-electron chi connectivity index (χ3n) is 3.71. The van der Waals surface area contributed by atoms with E-state index in [0.29, 0.717) is 5.92 Å². The highest BCUT2D eigenvalue weighted by molar-refractivity contribution is 7.71. The summed E-state index contributed by atoms with van der Waals surface area (Å²) in [7, 11) is 2.17. The lowest BCUT2D eigenvalue weighted by atomic mass is 10.1. The van der Waals surface area contributed by atoms with Crippen molar-refractivity contribution < 1.29 is 0 Å². The molecule has 0 aliphatic rings. The molecule has 2 rings (SSSR count). The average molecular weight is 303 g/mol. The molecule has 1 aromatic carbocycles. The predicted molar refractivity (Wildman–Crippen MR) is 91.1 cm³/mol. The second-order valence-electron chi connectivity index (χ2n) is 5.90. The SMILES string of the molecule is CC(C)c1c[nH]c(=S)n1CCCN(C)Cc1ccccc1. The van der Waals surface area contributed by atoms with Crippen LogP contribution < -0.4 is 0 Å². The molecule has 2 aromatic rings. The number of hydrogen-bond acceptors (Lipinski definition) is 2. The summed E-state index contributed by atoms with van der Waals surface area (Å²) in [6.45, 7) is 7.46. The third kappa shape index (κ3) is 4.55. The van der Waals surface area contributed by atoms with Gasteiger partial charge in [-0.1, -0.05) is 44.2 Å². The normalized spacial score (nSPS) is 11.5. The van der Waals surface area contributed by atoms with Gasteiger partial charge in [0.1, 0.15) is 0 Å². The Balaban J connectivity index is 1.84. The molecular weight excluding hydrogens is 278 g/mol. The monoisotopic (exact) mass is 303 g/mol. The molecule has 0 atom stereocenters. The Morgan fingerprint density at radius 2 is 1.95 bits per heavy atom. The first kappa shape index (κ1) is 16.0. The van der Waals surface area contributed by atoms with Gasteiger partial charge in [0.25, 0.3) is 0 Å². The van der Waals surface area contributed by atoms with Gasteiger partial charge in [-0.2, -0.15) is 0 Å². The van der Waals surface area contributed by atoms with Gasteiger partial charge < -0.3 is 14.5 Å². The Morgan fingerprint density at radius 3 is 2.62 bits per heavy atom. The highest BCUT2D eigenvalue weighted by atomic mass is 32.1. The molecule has 0 unspecified atom stereocenters. The molecule has 0 spiro atoms. The molecule has 1 heterocycles. The number of nitrogens with zero attached hydrogens (tertiary/aromatic N) is 2. The van der Waals surface area contributed by atoms with Gasteiger partial charge in [0.2, 0.25) is 0 Å². The van der Waals surface area contributed by atoms with Gasteiger partial charge in [-0.3, -0.25) is 0 Å². The van der Waals surface area contributed by atoms with Crippen LogP contribution in [-0.2, 0) is 13.1 Å². The van der Waals surface area contributed by atoms with E-state index < -0.39 is 0 Å². The van der Waals surface area contributed by atoms with Crippen molar-refractivity contribution in [2.75, 3.05) is 13.6 Å². The maximum atomic E-state index is 5.37. The predicted octanol–water partition coefficient (Wildman–Crippen LogP) is 4.19. The van der Waals surface area contributed by atoms with Crippen molar-refractivity contribution in [2.45, 2.75) is 39.3 Å². The molecule has 0 fully saturated rings. The van der Waals surface area contributed by atoms with Crippen molar-refractivity contribution in [3.05, 3.63) is 52.6 Å². The lowest BCUT2D eigenvalue weighted by Gasteiger charge is -2.17. The van der Waals surface area contributed by atoms with Crippen LogP contribution in [0.3, 0.4) is 0 Å². The zero-order valence-corrected chi connectivity index (χ0v) is 14.0. The van der Waals surface area contributed by atoms with Crippen molar-refractivity contribution in [3.63, 3.8) is 0 Å². The van der Waals surface area contributed by atoms with Crippen LogP contribution in [0.25, 0.3) is 0 Å². The molecule has 1 N–H and O–H groups in total. The minimum Gasteiger partial charge on any atom is -0.337 e. The summed E-state index contributed by atoms with van der Waals surface area (Å²) < 4.78 is 3.07. The van der Waals surface area contributed by atoms with Gasteiger partial charge in [-0.15, -0.1) is 0 Å². The summed E-state index contributed by atoms with van der Waals surface area (Å²) >= 11 is 5.37. The molecular formula is C17H25N3S. The molecule has 0 amide bonds. The fourth-order valence-corrected chi connectivity index (χ4v) is 2.85. The number of hydrogen-bond donors (Lipinski definition) is 1. The van der Waals surface area contributed by atoms with Crippen molar-refractivity contribution in [1.82, 2.24) is 14.5 Å². The van der Waals surface area contributed by atoms with E-state index >= 15 is 0 Å². The van der Waals surface area contributed by atoms with Crippen molar-refractivity contribution in [3.8, 4) is 0 Å². The van der Waals surface area contributed by atoms with E-state index in [2.05, 4.69) is 65.7 Å². The van der Waals surface area contributed by atoms with Gasteiger partial charge in [0, 0.05) is 25.0 Å². The first-order valence-electron chi connectivity index (χ1n) is 7.58. The van der Waals surface area contributed by atoms with Gasteiger partial charge in [-0.25, -0.2) is 0 Å². The van der Waals surface area contributed by atoms with Crippen LogP contribution >= 0.6 is 12.2 Å². The highest BCUT2D eigenvalue weighted by Gasteiger charge is 2.08. The Labute approximate surface area is 132 Å². The van der Waals surface area contributed by atoms with Crippen LogP contribution in [0.4, 0.5) is 0 Å². The first-order chi connectivity index (χ1) is 10.1. The van der Waals surface area contributed by atoms with E-state index in [1.54, 1.807) is 0 Å². The number of nitrogens with one attached hydrogen (secondary N) is 1. The molecule has 21 heavy (non-hydrogen) atoms. The smallest absolute Gasteiger partial charge is 0.177 e. The van der Waals surface area contributed by atoms with Crippen LogP contribution in [0.1, 0.15) is 37.4 Å². The van der Waals surface area contributed by atoms with Gasteiger partial charge in [0.15, 0.2) is 4.77 Å². The van der Waals surface area contributed by atoms with Crippen molar-refractivity contribution in [2.24, 2.45) is 0 Å². The van der Waals surface area contributed by atoms with Crippen LogP contribution in [0.5, 0.6) is 0 Å². The van der Waals surface area contributed by atoms with Crippen LogP contribution in [-0.4, -0.2) is 28.0 Å². The number of aromatic amines is 1. The number of H-pyrrole nitrogens is 1. The van der Waals surface area contributed by atoms with Crippen molar-refractivity contribution >= 4 is 12.2 Å². The number of aromatic nitrogens is 2. The fourth-order valence-electron chi connectivity index (χ4n) is 2.59. The standard InChI is InChI=1S/C17H25N3S/c1-14(2)16-12-18-17(21)20(16)11-7-10-19(3)13-15-8-5-4-6-9-15/h4-6,8-9,12,14H,7,10-11,13H2,1-3H3,(H,18,21). The zero-order valence-electron chi connectivity index (χ0n) is 13.2. The maximum Gasteiger partial charge on any atom is 0.177 e. The average Bonchev–Trinajstić information content (AvgIpc) is 2.81. The topological polar surface area (TPSA) is 24.0 Å². The highest BCUT2D eigenvalue weighted by Crippen LogP contribution is 2.15. The second-order valence-corrected chi connectivity index (χ2v) is 6.29. The number of imidazole rings is 1. The van der Waals surface area contributed by atoms with Gasteiger partial charge >= 0.3 is 0 Å². The quantitative estimate of drug-likeness (QED) is 0.775. The Kier molecular flexibility index (Phi) is 5.76. The number of benzene rings is 1. The molecule has 4 heteroatoms. The van der Waals surface area contributed by atoms with Crippen LogP contribution in [0.2, 0.25) is 0 Å². The fraction of sp³-hybridized carbons (Fsp3) is 0.471. The Morgan fingerprint density at radius 1 is 1.24 bits per heavy atom. The summed E-state index contributed by atoms with van der Waals surface area (Å²) in [6.07, 6.45) is 3.15. The molecule has 3 nitrogen and oxygen atoms in total. The van der Waals surface area contributed by atoms with E-state index in [1.807, 2.05) is 6.20 Å². The van der Waals surface area contributed by atoms with Gasteiger partial charge in [0.05, 0.1) is 0 Å². The van der Waals surface area contributed by atoms with E-state index in [9.17, 15) is 0 Å². The summed E-state index contributed by atoms with van der Waals surface area (Å²) in [5.41, 5.74) is 2.66. The molecule has 0 saturated carbocycles. The summed E-state index contributed by atoms with van der Waals surface area (Å²) in [6, 6.07) is 10.6. The molecule has 114 valence electrons. The van der Waals surface area contributed by atoms with Crippen LogP contribution in [0.15, 0.2) is 36.5 Å². The Hall–Kier alpha value is -1.39. The summed E-state index contributed by atoms with van der Waals surface area (Å²) in [5.74, 6) is 0.500. The second kappa shape index (κ2) is 7.57. The van der Waals surface area contributed by atoms with Gasteiger partial charge in [-0.05, 0) is 43.7 Å². The maximum absolute atomic E-state index is 5.37. The number of rotatable bonds is 7. The molecule has 0 aliphatic heterocycles.